The van der Waals surface area contributed by atoms with Crippen LogP contribution in [0.3, 0.4) is 0 Å². The van der Waals surface area contributed by atoms with Gasteiger partial charge in [-0.2, -0.15) is 11.8 Å². The largest absolute Gasteiger partial charge is 0.478 e. The summed E-state index contributed by atoms with van der Waals surface area (Å²) in [4.78, 5) is 10.2. The molecule has 0 aromatic heterocycles. The van der Waals surface area contributed by atoms with Crippen molar-refractivity contribution in [3.05, 3.63) is 24.8 Å². The van der Waals surface area contributed by atoms with Crippen molar-refractivity contribution in [1.29, 1.82) is 0 Å². The van der Waals surface area contributed by atoms with E-state index in [1.165, 1.54) is 11.8 Å². The van der Waals surface area contributed by atoms with Crippen LogP contribution < -0.4 is 0 Å². The van der Waals surface area contributed by atoms with E-state index in [0.29, 0.717) is 5.75 Å². The molecule has 0 heterocycles. The fourth-order valence-electron chi connectivity index (χ4n) is 0.327. The maximum Gasteiger partial charge on any atom is 0.331 e. The second kappa shape index (κ2) is 5.11. The first-order valence-corrected chi connectivity index (χ1v) is 3.93. The average Bonchev–Trinajstić information content (AvgIpc) is 1.88. The number of carboxylic acids is 1. The van der Waals surface area contributed by atoms with Crippen LogP contribution in [0.4, 0.5) is 0 Å². The van der Waals surface area contributed by atoms with Crippen molar-refractivity contribution in [2.75, 3.05) is 11.5 Å². The molecule has 0 atom stereocenters. The van der Waals surface area contributed by atoms with Crippen LogP contribution in [0.5, 0.6) is 0 Å². The summed E-state index contributed by atoms with van der Waals surface area (Å²) in [5, 5.41) is 8.34. The molecule has 0 spiro atoms. The van der Waals surface area contributed by atoms with Crippen molar-refractivity contribution in [3.63, 3.8) is 0 Å². The van der Waals surface area contributed by atoms with Crippen molar-refractivity contribution in [1.82, 2.24) is 0 Å². The van der Waals surface area contributed by atoms with Gasteiger partial charge in [0.15, 0.2) is 0 Å². The Balaban J connectivity index is 3.40. The molecule has 0 rings (SSSR count). The van der Waals surface area contributed by atoms with Gasteiger partial charge in [0.1, 0.15) is 0 Å². The maximum absolute atomic E-state index is 10.2. The van der Waals surface area contributed by atoms with Gasteiger partial charge < -0.3 is 5.11 Å². The molecule has 0 unspecified atom stereocenters. The van der Waals surface area contributed by atoms with Gasteiger partial charge in [0.25, 0.3) is 0 Å². The highest BCUT2D eigenvalue weighted by atomic mass is 32.2. The third-order valence-corrected chi connectivity index (χ3v) is 1.84. The zero-order chi connectivity index (χ0) is 7.98. The van der Waals surface area contributed by atoms with Gasteiger partial charge in [0, 0.05) is 17.1 Å². The lowest BCUT2D eigenvalue weighted by atomic mass is 10.4. The van der Waals surface area contributed by atoms with Crippen molar-refractivity contribution in [3.8, 4) is 0 Å². The van der Waals surface area contributed by atoms with Gasteiger partial charge in [-0.25, -0.2) is 4.79 Å². The molecule has 0 aliphatic heterocycles. The van der Waals surface area contributed by atoms with Crippen molar-refractivity contribution in [2.45, 2.75) is 0 Å². The van der Waals surface area contributed by atoms with E-state index >= 15 is 0 Å². The smallest absolute Gasteiger partial charge is 0.331 e. The molecule has 0 saturated carbocycles. The van der Waals surface area contributed by atoms with E-state index in [0.717, 1.165) is 5.75 Å². The summed E-state index contributed by atoms with van der Waals surface area (Å²) in [6.45, 7) is 6.88. The molecule has 0 bridgehead atoms. The summed E-state index contributed by atoms with van der Waals surface area (Å²) in [7, 11) is 0. The molecule has 10 heavy (non-hydrogen) atoms. The molecule has 3 heteroatoms. The van der Waals surface area contributed by atoms with Gasteiger partial charge in [-0.1, -0.05) is 12.7 Å². The van der Waals surface area contributed by atoms with Gasteiger partial charge in [0.05, 0.1) is 0 Å². The summed E-state index contributed by atoms with van der Waals surface area (Å²) < 4.78 is 0. The summed E-state index contributed by atoms with van der Waals surface area (Å²) >= 11 is 1.49. The van der Waals surface area contributed by atoms with Gasteiger partial charge in [-0.3, -0.25) is 0 Å². The van der Waals surface area contributed by atoms with Crippen LogP contribution in [-0.4, -0.2) is 22.6 Å². The van der Waals surface area contributed by atoms with Crippen LogP contribution in [0.2, 0.25) is 0 Å². The highest BCUT2D eigenvalue weighted by molar-refractivity contribution is 7.99. The lowest BCUT2D eigenvalue weighted by Gasteiger charge is -1.95. The number of carboxylic acid groups (broad SMARTS) is 1. The molecule has 0 amide bonds. The van der Waals surface area contributed by atoms with Crippen LogP contribution >= 0.6 is 11.8 Å². The van der Waals surface area contributed by atoms with E-state index in [9.17, 15) is 4.79 Å². The first-order valence-electron chi connectivity index (χ1n) is 2.78. The molecule has 0 aliphatic rings. The number of hydrogen-bond acceptors (Lipinski definition) is 2. The molecule has 0 aromatic rings. The maximum atomic E-state index is 10.2. The average molecular weight is 158 g/mol. The van der Waals surface area contributed by atoms with Crippen LogP contribution in [0.25, 0.3) is 0 Å². The minimum Gasteiger partial charge on any atom is -0.478 e. The molecule has 0 radical (unpaired) electrons. The van der Waals surface area contributed by atoms with E-state index in [1.54, 1.807) is 6.08 Å². The Kier molecular flexibility index (Phi) is 4.76. The Morgan fingerprint density at radius 2 is 2.30 bits per heavy atom. The Bertz CT molecular complexity index is 152. The zero-order valence-corrected chi connectivity index (χ0v) is 6.49. The van der Waals surface area contributed by atoms with E-state index in [2.05, 4.69) is 13.2 Å². The summed E-state index contributed by atoms with van der Waals surface area (Å²) in [5.74, 6) is 0.324. The summed E-state index contributed by atoms with van der Waals surface area (Å²) in [6, 6.07) is 0. The fourth-order valence-corrected chi connectivity index (χ4v) is 0.982. The van der Waals surface area contributed by atoms with Crippen LogP contribution in [-0.2, 0) is 4.79 Å². The molecule has 0 aliphatic carbocycles. The molecule has 56 valence electrons. The minimum absolute atomic E-state index is 0.242. The van der Waals surface area contributed by atoms with E-state index in [1.807, 2.05) is 0 Å². The molecule has 1 N–H and O–H groups in total. The monoisotopic (exact) mass is 158 g/mol. The van der Waals surface area contributed by atoms with Crippen LogP contribution in [0, 0.1) is 0 Å². The molecule has 0 saturated heterocycles. The summed E-state index contributed by atoms with van der Waals surface area (Å²) in [5.41, 5.74) is 0.242. The quantitative estimate of drug-likeness (QED) is 0.374. The zero-order valence-electron chi connectivity index (χ0n) is 5.67. The van der Waals surface area contributed by atoms with Crippen LogP contribution in [0.1, 0.15) is 0 Å². The van der Waals surface area contributed by atoms with E-state index in [4.69, 9.17) is 5.11 Å². The predicted octanol–water partition coefficient (Wildman–Crippen LogP) is 1.55. The molecular weight excluding hydrogens is 148 g/mol. The highest BCUT2D eigenvalue weighted by Gasteiger charge is 2.01. The van der Waals surface area contributed by atoms with Crippen molar-refractivity contribution in [2.24, 2.45) is 0 Å². The first kappa shape index (κ1) is 9.30. The Morgan fingerprint density at radius 1 is 1.70 bits per heavy atom. The second-order valence-electron chi connectivity index (χ2n) is 1.71. The van der Waals surface area contributed by atoms with E-state index < -0.39 is 5.97 Å². The molecule has 0 fully saturated rings. The standard InChI is InChI=1S/C7H10O2S/c1-3-4-10-5-6(2)7(8)9/h3H,1-2,4-5H2,(H,8,9). The topological polar surface area (TPSA) is 37.3 Å². The third kappa shape index (κ3) is 4.21. The highest BCUT2D eigenvalue weighted by Crippen LogP contribution is 2.05. The minimum atomic E-state index is -0.920. The Labute approximate surface area is 64.6 Å². The van der Waals surface area contributed by atoms with Crippen molar-refractivity contribution >= 4 is 17.7 Å². The van der Waals surface area contributed by atoms with Crippen molar-refractivity contribution < 1.29 is 9.90 Å². The SMILES string of the molecule is C=CCSCC(=C)C(=O)O. The molecule has 2 nitrogen and oxygen atoms in total. The van der Waals surface area contributed by atoms with E-state index in [-0.39, 0.29) is 5.57 Å². The van der Waals surface area contributed by atoms with Gasteiger partial charge in [-0.15, -0.1) is 6.58 Å². The predicted molar refractivity (Wildman–Crippen MR) is 44.3 cm³/mol. The second-order valence-corrected chi connectivity index (χ2v) is 2.74. The molecular formula is C7H10O2S. The van der Waals surface area contributed by atoms with Gasteiger partial charge in [-0.05, 0) is 0 Å². The Morgan fingerprint density at radius 3 is 2.70 bits per heavy atom. The van der Waals surface area contributed by atoms with Gasteiger partial charge in [0.2, 0.25) is 0 Å². The lowest BCUT2D eigenvalue weighted by molar-refractivity contribution is -0.132. The number of carbonyl (C=O) groups is 1. The normalized spacial score (nSPS) is 8.80. The number of thioether (sulfide) groups is 1. The number of aliphatic carboxylic acids is 1. The first-order chi connectivity index (χ1) is 4.68. The lowest BCUT2D eigenvalue weighted by Crippen LogP contribution is -2.01. The summed E-state index contributed by atoms with van der Waals surface area (Å²) in [6.07, 6.45) is 1.74. The van der Waals surface area contributed by atoms with Crippen LogP contribution in [0.15, 0.2) is 24.8 Å². The third-order valence-electron chi connectivity index (χ3n) is 0.814. The fraction of sp³-hybridized carbons (Fsp3) is 0.286. The molecule has 0 aromatic carbocycles. The number of rotatable bonds is 5. The number of hydrogen-bond donors (Lipinski definition) is 1. The van der Waals surface area contributed by atoms with Gasteiger partial charge >= 0.3 is 5.97 Å². The Hall–Kier alpha value is -0.700.